The molecular weight excluding hydrogens is 442 g/mol. The summed E-state index contributed by atoms with van der Waals surface area (Å²) in [4.78, 5) is 45.9. The quantitative estimate of drug-likeness (QED) is 0.182. The number of nitrogen functional groups attached to an aromatic ring is 1. The first-order valence-corrected chi connectivity index (χ1v) is 10.4. The molecule has 5 rings (SSSR count). The van der Waals surface area contributed by atoms with Crippen molar-refractivity contribution in [2.45, 2.75) is 0 Å². The van der Waals surface area contributed by atoms with E-state index < -0.39 is 16.3 Å². The molecule has 0 spiro atoms. The number of aromatic nitrogens is 1. The maximum absolute atomic E-state index is 11.9. The maximum atomic E-state index is 11.9. The van der Waals surface area contributed by atoms with Crippen molar-refractivity contribution in [3.05, 3.63) is 121 Å². The Morgan fingerprint density at radius 2 is 1.33 bits per heavy atom. The monoisotopic (exact) mass is 461 g/mol. The van der Waals surface area contributed by atoms with E-state index in [9.17, 15) is 19.2 Å². The van der Waals surface area contributed by atoms with Crippen molar-refractivity contribution in [2.75, 3.05) is 0 Å². The van der Waals surface area contributed by atoms with Crippen LogP contribution in [0, 0.1) is 0 Å². The van der Waals surface area contributed by atoms with Gasteiger partial charge in [0, 0.05) is 28.0 Å². The molecule has 0 unspecified atom stereocenters. The number of hydrogen-bond acceptors (Lipinski definition) is 6. The third kappa shape index (κ3) is 4.55. The Hall–Kier alpha value is -4.18. The molecule has 5 N–H and O–H groups in total. The van der Waals surface area contributed by atoms with Gasteiger partial charge in [-0.15, -0.1) is 11.3 Å². The minimum Gasteiger partial charge on any atom is -0.412 e. The number of hydrogen-bond donors (Lipinski definition) is 2. The van der Waals surface area contributed by atoms with Gasteiger partial charge in [0.05, 0.1) is 5.56 Å². The number of nitrogens with one attached hydrogen (secondary N) is 1. The van der Waals surface area contributed by atoms with Gasteiger partial charge >= 0.3 is 0 Å². The van der Waals surface area contributed by atoms with E-state index in [1.807, 2.05) is 65.5 Å². The first-order chi connectivity index (χ1) is 15.5. The number of rotatable bonds is 3. The second kappa shape index (κ2) is 9.96. The van der Waals surface area contributed by atoms with Gasteiger partial charge in [0.15, 0.2) is 0 Å². The molecule has 0 radical (unpaired) electrons. The molecule has 0 fully saturated rings. The van der Waals surface area contributed by atoms with E-state index in [-0.39, 0.29) is 22.2 Å². The summed E-state index contributed by atoms with van der Waals surface area (Å²) in [6, 6.07) is 21.9. The molecule has 9 heteroatoms. The average Bonchev–Trinajstić information content (AvgIpc) is 3.57. The van der Waals surface area contributed by atoms with Gasteiger partial charge in [-0.1, -0.05) is 54.6 Å². The summed E-state index contributed by atoms with van der Waals surface area (Å²) in [5.74, 6) is 4.99. The predicted octanol–water partition coefficient (Wildman–Crippen LogP) is 1.78. The molecule has 3 aromatic carbocycles. The van der Waals surface area contributed by atoms with Crippen LogP contribution in [0.3, 0.4) is 0 Å². The van der Waals surface area contributed by atoms with Crippen LogP contribution in [-0.4, -0.2) is 16.0 Å². The van der Waals surface area contributed by atoms with Crippen molar-refractivity contribution in [3.8, 4) is 15.4 Å². The smallest absolute Gasteiger partial charge is 0.273 e. The van der Waals surface area contributed by atoms with Crippen LogP contribution in [0.15, 0.2) is 99.6 Å². The lowest BCUT2D eigenvalue weighted by Crippen LogP contribution is -2.30. The van der Waals surface area contributed by atoms with Crippen LogP contribution >= 0.6 is 11.3 Å². The maximum Gasteiger partial charge on any atom is 0.273 e. The number of fused-ring (bicyclic) bond motifs is 1. The molecule has 0 saturated carbocycles. The van der Waals surface area contributed by atoms with Crippen molar-refractivity contribution in [1.82, 2.24) is 9.99 Å². The number of hydrazine groups is 1. The van der Waals surface area contributed by atoms with Gasteiger partial charge in [-0.25, -0.2) is 5.84 Å². The standard InChI is InChI=1S/C15H13N3OS.C9H4O3.H2O/c16-17-14(19)12-10-13(11-6-2-1-3-7-11)20-15(12)18-8-4-5-9-18;10-7-5-3-1-2-4-6(5)8(11)9(7)12;/h1-10H,16H2,(H,17,19);1-4H;1H2. The van der Waals surface area contributed by atoms with E-state index in [2.05, 4.69) is 5.43 Å². The fraction of sp³-hybridized carbons (Fsp3) is 0. The molecule has 8 nitrogen and oxygen atoms in total. The van der Waals surface area contributed by atoms with Crippen molar-refractivity contribution >= 4 is 28.0 Å². The highest BCUT2D eigenvalue weighted by atomic mass is 32.1. The van der Waals surface area contributed by atoms with Crippen LogP contribution in [0.5, 0.6) is 0 Å². The highest BCUT2D eigenvalue weighted by Gasteiger charge is 2.17. The average molecular weight is 461 g/mol. The molecule has 0 saturated heterocycles. The third-order valence-electron chi connectivity index (χ3n) is 4.81. The minimum absolute atomic E-state index is 0. The van der Waals surface area contributed by atoms with Gasteiger partial charge < -0.3 is 10.0 Å². The van der Waals surface area contributed by atoms with Gasteiger partial charge in [-0.3, -0.25) is 24.6 Å². The fourth-order valence-corrected chi connectivity index (χ4v) is 4.38. The molecule has 0 aliphatic rings. The van der Waals surface area contributed by atoms with Crippen LogP contribution in [0.2, 0.25) is 0 Å². The van der Waals surface area contributed by atoms with Gasteiger partial charge in [0.25, 0.3) is 11.3 Å². The summed E-state index contributed by atoms with van der Waals surface area (Å²) < 4.78 is 1.92. The van der Waals surface area contributed by atoms with E-state index in [0.29, 0.717) is 5.56 Å². The van der Waals surface area contributed by atoms with Gasteiger partial charge in [-0.2, -0.15) is 0 Å². The van der Waals surface area contributed by atoms with Crippen LogP contribution in [0.25, 0.3) is 26.2 Å². The Kier molecular flexibility index (Phi) is 7.09. The second-order valence-corrected chi connectivity index (χ2v) is 7.82. The van der Waals surface area contributed by atoms with Crippen molar-refractivity contribution in [1.29, 1.82) is 0 Å². The molecular formula is C24H19N3O5S. The summed E-state index contributed by atoms with van der Waals surface area (Å²) in [6.07, 6.45) is 3.82. The van der Waals surface area contributed by atoms with Crippen LogP contribution in [-0.2, 0) is 0 Å². The van der Waals surface area contributed by atoms with E-state index in [4.69, 9.17) is 5.84 Å². The van der Waals surface area contributed by atoms with Crippen molar-refractivity contribution < 1.29 is 10.3 Å². The number of nitrogens with two attached hydrogens (primary N) is 1. The Morgan fingerprint density at radius 1 is 0.788 bits per heavy atom. The molecule has 5 aromatic rings. The molecule has 0 atom stereocenters. The van der Waals surface area contributed by atoms with Crippen molar-refractivity contribution in [3.63, 3.8) is 0 Å². The molecule has 1 amide bonds. The second-order valence-electron chi connectivity index (χ2n) is 6.79. The Labute approximate surface area is 191 Å². The Bertz CT molecular complexity index is 1480. The fourth-order valence-electron chi connectivity index (χ4n) is 3.26. The van der Waals surface area contributed by atoms with Crippen LogP contribution < -0.4 is 27.6 Å². The zero-order chi connectivity index (χ0) is 22.7. The summed E-state index contributed by atoms with van der Waals surface area (Å²) in [6.45, 7) is 0. The lowest BCUT2D eigenvalue weighted by molar-refractivity contribution is 0.0954. The molecule has 33 heavy (non-hydrogen) atoms. The summed E-state index contributed by atoms with van der Waals surface area (Å²) >= 11 is 1.56. The molecule has 0 aliphatic heterocycles. The number of carbonyl (C=O) groups excluding carboxylic acids is 1. The number of thiophene rings is 1. The number of benzene rings is 2. The minimum atomic E-state index is -0.920. The predicted molar refractivity (Wildman–Crippen MR) is 129 cm³/mol. The molecule has 166 valence electrons. The Balaban J connectivity index is 0.000000202. The van der Waals surface area contributed by atoms with Crippen LogP contribution in [0.4, 0.5) is 0 Å². The summed E-state index contributed by atoms with van der Waals surface area (Å²) in [7, 11) is 0. The van der Waals surface area contributed by atoms with Gasteiger partial charge in [0.2, 0.25) is 10.9 Å². The Morgan fingerprint density at radius 3 is 1.88 bits per heavy atom. The zero-order valence-corrected chi connectivity index (χ0v) is 18.0. The SMILES string of the molecule is NNC(=O)c1cc(-c2ccccc2)sc1-n1cccc1.O.O=c1c(=O)c2ccccc2c1=O. The molecule has 0 aliphatic carbocycles. The number of carbonyl (C=O) groups is 1. The van der Waals surface area contributed by atoms with Crippen molar-refractivity contribution in [2.24, 2.45) is 5.84 Å². The normalized spacial score (nSPS) is 10.2. The lowest BCUT2D eigenvalue weighted by Gasteiger charge is -2.02. The van der Waals surface area contributed by atoms with Crippen LogP contribution in [0.1, 0.15) is 10.4 Å². The zero-order valence-electron chi connectivity index (χ0n) is 17.1. The summed E-state index contributed by atoms with van der Waals surface area (Å²) in [5.41, 5.74) is 1.57. The largest absolute Gasteiger partial charge is 0.412 e. The first-order valence-electron chi connectivity index (χ1n) is 9.57. The van der Waals surface area contributed by atoms with E-state index >= 15 is 0 Å². The highest BCUT2D eigenvalue weighted by molar-refractivity contribution is 7.18. The van der Waals surface area contributed by atoms with Gasteiger partial charge in [0.1, 0.15) is 5.00 Å². The summed E-state index contributed by atoms with van der Waals surface area (Å²) in [5, 5.41) is 1.32. The van der Waals surface area contributed by atoms with E-state index in [1.165, 1.54) is 12.1 Å². The topological polar surface area (TPSA) is 143 Å². The molecule has 2 heterocycles. The van der Waals surface area contributed by atoms with E-state index in [1.54, 1.807) is 23.5 Å². The number of amides is 1. The van der Waals surface area contributed by atoms with Gasteiger partial charge in [-0.05, 0) is 23.8 Å². The first kappa shape index (κ1) is 23.5. The highest BCUT2D eigenvalue weighted by Crippen LogP contribution is 2.34. The van der Waals surface area contributed by atoms with E-state index in [0.717, 1.165) is 15.4 Å². The molecule has 0 bridgehead atoms. The molecule has 2 aromatic heterocycles. The number of nitrogens with zero attached hydrogens (tertiary/aromatic N) is 1. The third-order valence-corrected chi connectivity index (χ3v) is 6.01. The lowest BCUT2D eigenvalue weighted by atomic mass is 10.1.